The van der Waals surface area contributed by atoms with E-state index in [1.54, 1.807) is 4.90 Å². The van der Waals surface area contributed by atoms with E-state index in [0.717, 1.165) is 0 Å². The second kappa shape index (κ2) is 8.51. The van der Waals surface area contributed by atoms with Gasteiger partial charge in [-0.2, -0.15) is 17.0 Å². The van der Waals surface area contributed by atoms with Crippen LogP contribution in [0.25, 0.3) is 0 Å². The Morgan fingerprint density at radius 2 is 1.38 bits per heavy atom. The molecule has 0 N–H and O–H groups in total. The quantitative estimate of drug-likeness (QED) is 0.582. The second-order valence-electron chi connectivity index (χ2n) is 6.75. The van der Waals surface area contributed by atoms with Crippen molar-refractivity contribution in [3.05, 3.63) is 0 Å². The maximum absolute atomic E-state index is 12.7. The van der Waals surface area contributed by atoms with E-state index in [1.807, 2.05) is 13.8 Å². The first-order chi connectivity index (χ1) is 12.1. The van der Waals surface area contributed by atoms with Crippen molar-refractivity contribution in [3.8, 4) is 0 Å². The van der Waals surface area contributed by atoms with Crippen molar-refractivity contribution >= 4 is 26.1 Å². The van der Waals surface area contributed by atoms with Crippen LogP contribution in [-0.4, -0.2) is 99.2 Å². The molecule has 2 rings (SSSR count). The minimum absolute atomic E-state index is 0.0121. The molecule has 0 aromatic rings. The minimum atomic E-state index is -3.47. The first-order valence-corrected chi connectivity index (χ1v) is 12.3. The maximum atomic E-state index is 12.7. The van der Waals surface area contributed by atoms with Gasteiger partial charge < -0.3 is 4.90 Å². The highest BCUT2D eigenvalue weighted by Gasteiger charge is 2.35. The summed E-state index contributed by atoms with van der Waals surface area (Å²) in [6, 6.07) is 0. The van der Waals surface area contributed by atoms with E-state index in [2.05, 4.69) is 0 Å². The van der Waals surface area contributed by atoms with Crippen molar-refractivity contribution < 1.29 is 21.6 Å². The van der Waals surface area contributed by atoms with E-state index in [-0.39, 0.29) is 11.8 Å². The summed E-state index contributed by atoms with van der Waals surface area (Å²) in [4.78, 5) is 14.4. The predicted octanol–water partition coefficient (Wildman–Crippen LogP) is -0.611. The van der Waals surface area contributed by atoms with Crippen molar-refractivity contribution in [1.29, 1.82) is 0 Å². The van der Waals surface area contributed by atoms with Crippen LogP contribution in [0.5, 0.6) is 0 Å². The number of sulfonamides is 1. The molecule has 0 saturated carbocycles. The Morgan fingerprint density at radius 3 is 1.81 bits per heavy atom. The Bertz CT molecular complexity index is 690. The largest absolute Gasteiger partial charge is 0.340 e. The van der Waals surface area contributed by atoms with Crippen LogP contribution in [0.3, 0.4) is 0 Å². The van der Waals surface area contributed by atoms with Crippen molar-refractivity contribution in [3.63, 3.8) is 0 Å². The van der Waals surface area contributed by atoms with E-state index in [4.69, 9.17) is 0 Å². The number of piperazine rings is 1. The van der Waals surface area contributed by atoms with Gasteiger partial charge in [0, 0.05) is 58.3 Å². The standard InChI is InChI=1S/C15H30N4O5S2/c1-4-17(5-2)26(23,24)19-12-10-16(11-13-19)15(20)14-6-8-18(9-7-14)25(3,21)22/h14H,4-13H2,1-3H3. The third kappa shape index (κ3) is 4.75. The van der Waals surface area contributed by atoms with Crippen molar-refractivity contribution in [1.82, 2.24) is 17.8 Å². The molecule has 2 aliphatic heterocycles. The van der Waals surface area contributed by atoms with Gasteiger partial charge in [-0.1, -0.05) is 13.8 Å². The number of amides is 1. The zero-order valence-electron chi connectivity index (χ0n) is 15.8. The molecule has 0 atom stereocenters. The third-order valence-corrected chi connectivity index (χ3v) is 8.67. The van der Waals surface area contributed by atoms with Gasteiger partial charge in [-0.3, -0.25) is 4.79 Å². The Hall–Kier alpha value is -0.750. The summed E-state index contributed by atoms with van der Waals surface area (Å²) in [5.74, 6) is -0.169. The number of nitrogens with zero attached hydrogens (tertiary/aromatic N) is 4. The van der Waals surface area contributed by atoms with E-state index in [1.165, 1.54) is 19.2 Å². The summed E-state index contributed by atoms with van der Waals surface area (Å²) >= 11 is 0. The van der Waals surface area contributed by atoms with Crippen LogP contribution >= 0.6 is 0 Å². The molecule has 2 fully saturated rings. The molecular formula is C15H30N4O5S2. The Labute approximate surface area is 157 Å². The monoisotopic (exact) mass is 410 g/mol. The van der Waals surface area contributed by atoms with Crippen LogP contribution in [0.2, 0.25) is 0 Å². The highest BCUT2D eigenvalue weighted by Crippen LogP contribution is 2.22. The van der Waals surface area contributed by atoms with Crippen LogP contribution in [-0.2, 0) is 25.0 Å². The number of hydrogen-bond acceptors (Lipinski definition) is 5. The number of carbonyl (C=O) groups is 1. The first kappa shape index (κ1) is 21.5. The normalized spacial score (nSPS) is 22.1. The smallest absolute Gasteiger partial charge is 0.282 e. The van der Waals surface area contributed by atoms with Crippen LogP contribution in [0.15, 0.2) is 0 Å². The Kier molecular flexibility index (Phi) is 7.05. The van der Waals surface area contributed by atoms with Gasteiger partial charge in [-0.15, -0.1) is 0 Å². The number of hydrogen-bond donors (Lipinski definition) is 0. The van der Waals surface area contributed by atoms with Gasteiger partial charge in [0.1, 0.15) is 0 Å². The van der Waals surface area contributed by atoms with E-state index in [0.29, 0.717) is 65.2 Å². The average Bonchev–Trinajstić information content (AvgIpc) is 2.61. The number of piperidine rings is 1. The summed E-state index contributed by atoms with van der Waals surface area (Å²) in [5, 5.41) is 0. The highest BCUT2D eigenvalue weighted by atomic mass is 32.2. The highest BCUT2D eigenvalue weighted by molar-refractivity contribution is 7.88. The summed E-state index contributed by atoms with van der Waals surface area (Å²) in [7, 11) is -6.67. The fraction of sp³-hybridized carbons (Fsp3) is 0.933. The molecule has 0 unspecified atom stereocenters. The molecule has 1 amide bonds. The lowest BCUT2D eigenvalue weighted by molar-refractivity contribution is -0.138. The van der Waals surface area contributed by atoms with Gasteiger partial charge >= 0.3 is 0 Å². The van der Waals surface area contributed by atoms with Gasteiger partial charge in [-0.25, -0.2) is 12.7 Å². The summed E-state index contributed by atoms with van der Waals surface area (Å²) in [5.41, 5.74) is 0. The van der Waals surface area contributed by atoms with E-state index >= 15 is 0 Å². The van der Waals surface area contributed by atoms with Crippen LogP contribution in [0, 0.1) is 5.92 Å². The fourth-order valence-electron chi connectivity index (χ4n) is 3.54. The number of carbonyl (C=O) groups excluding carboxylic acids is 1. The molecule has 2 saturated heterocycles. The van der Waals surface area contributed by atoms with Gasteiger partial charge in [0.25, 0.3) is 10.2 Å². The zero-order valence-corrected chi connectivity index (χ0v) is 17.4. The summed E-state index contributed by atoms with van der Waals surface area (Å²) in [6.07, 6.45) is 2.22. The molecule has 0 spiro atoms. The Morgan fingerprint density at radius 1 is 0.885 bits per heavy atom. The lowest BCUT2D eigenvalue weighted by Crippen LogP contribution is -2.55. The fourth-order valence-corrected chi connectivity index (χ4v) is 6.02. The summed E-state index contributed by atoms with van der Waals surface area (Å²) < 4.78 is 52.5. The molecule has 0 aromatic heterocycles. The molecule has 9 nitrogen and oxygen atoms in total. The van der Waals surface area contributed by atoms with E-state index < -0.39 is 20.2 Å². The summed E-state index contributed by atoms with van der Waals surface area (Å²) in [6.45, 7) is 6.56. The zero-order chi connectivity index (χ0) is 19.5. The molecule has 2 aliphatic rings. The molecule has 11 heteroatoms. The van der Waals surface area contributed by atoms with Gasteiger partial charge in [0.2, 0.25) is 15.9 Å². The lowest BCUT2D eigenvalue weighted by Gasteiger charge is -2.38. The average molecular weight is 411 g/mol. The number of rotatable bonds is 6. The van der Waals surface area contributed by atoms with Crippen molar-refractivity contribution in [2.45, 2.75) is 26.7 Å². The SMILES string of the molecule is CCN(CC)S(=O)(=O)N1CCN(C(=O)C2CCN(S(C)(=O)=O)CC2)CC1. The molecular weight excluding hydrogens is 380 g/mol. The van der Waals surface area contributed by atoms with Crippen LogP contribution < -0.4 is 0 Å². The first-order valence-electron chi connectivity index (χ1n) is 9.10. The molecule has 0 aliphatic carbocycles. The van der Waals surface area contributed by atoms with Crippen LogP contribution in [0.1, 0.15) is 26.7 Å². The van der Waals surface area contributed by atoms with Gasteiger partial charge in [-0.05, 0) is 12.8 Å². The topological polar surface area (TPSA) is 98.3 Å². The molecule has 26 heavy (non-hydrogen) atoms. The minimum Gasteiger partial charge on any atom is -0.340 e. The van der Waals surface area contributed by atoms with Gasteiger partial charge in [0.05, 0.1) is 6.26 Å². The molecule has 0 bridgehead atoms. The van der Waals surface area contributed by atoms with Crippen LogP contribution in [0.4, 0.5) is 0 Å². The third-order valence-electron chi connectivity index (χ3n) is 5.18. The van der Waals surface area contributed by atoms with Gasteiger partial charge in [0.15, 0.2) is 0 Å². The lowest BCUT2D eigenvalue weighted by atomic mass is 9.96. The maximum Gasteiger partial charge on any atom is 0.282 e. The van der Waals surface area contributed by atoms with E-state index in [9.17, 15) is 21.6 Å². The molecule has 152 valence electrons. The van der Waals surface area contributed by atoms with Crippen molar-refractivity contribution in [2.75, 3.05) is 58.6 Å². The predicted molar refractivity (Wildman–Crippen MR) is 99.1 cm³/mol. The molecule has 0 radical (unpaired) electrons. The second-order valence-corrected chi connectivity index (χ2v) is 10.7. The molecule has 0 aromatic carbocycles. The molecule has 2 heterocycles. The Balaban J connectivity index is 1.89. The van der Waals surface area contributed by atoms with Crippen molar-refractivity contribution in [2.24, 2.45) is 5.92 Å².